The van der Waals surface area contributed by atoms with Gasteiger partial charge in [-0.2, -0.15) is 0 Å². The van der Waals surface area contributed by atoms with Crippen LogP contribution in [0.25, 0.3) is 0 Å². The van der Waals surface area contributed by atoms with Crippen molar-refractivity contribution in [1.82, 2.24) is 30.0 Å². The third-order valence-electron chi connectivity index (χ3n) is 7.70. The van der Waals surface area contributed by atoms with Gasteiger partial charge in [0.2, 0.25) is 5.91 Å². The molecule has 0 aliphatic carbocycles. The quantitative estimate of drug-likeness (QED) is 0.134. The number of hydrogen-bond acceptors (Lipinski definition) is 8. The Labute approximate surface area is 291 Å². The minimum Gasteiger partial charge on any atom is -0.444 e. The predicted molar refractivity (Wildman–Crippen MR) is 190 cm³/mol. The Balaban J connectivity index is 1.44. The van der Waals surface area contributed by atoms with Gasteiger partial charge in [0, 0.05) is 50.7 Å². The van der Waals surface area contributed by atoms with Crippen molar-refractivity contribution in [3.8, 4) is 0 Å². The zero-order valence-electron chi connectivity index (χ0n) is 28.4. The maximum absolute atomic E-state index is 14.2. The van der Waals surface area contributed by atoms with Crippen molar-refractivity contribution in [2.24, 2.45) is 5.92 Å². The Morgan fingerprint density at radius 2 is 1.48 bits per heavy atom. The summed E-state index contributed by atoms with van der Waals surface area (Å²) in [5.74, 6) is -0.00811. The molecule has 4 rings (SSSR count). The second kappa shape index (κ2) is 18.3. The van der Waals surface area contributed by atoms with Crippen molar-refractivity contribution < 1.29 is 19.1 Å². The SMILES string of the molecule is CC(C)c1nc(CN(C)C(=O)N[C@H](C(=O)N(CCCN(Cc2ccccc2)C(=O)OCc2cncs2)Cc2ccccc2)C(C)C)cs1. The number of nitrogens with one attached hydrogen (secondary N) is 1. The van der Waals surface area contributed by atoms with Crippen LogP contribution >= 0.6 is 22.7 Å². The fourth-order valence-corrected chi connectivity index (χ4v) is 6.36. The van der Waals surface area contributed by atoms with Crippen LogP contribution in [0.5, 0.6) is 0 Å². The molecule has 1 atom stereocenters. The molecule has 1 N–H and O–H groups in total. The van der Waals surface area contributed by atoms with Gasteiger partial charge in [-0.15, -0.1) is 22.7 Å². The number of hydrogen-bond donors (Lipinski definition) is 1. The zero-order valence-corrected chi connectivity index (χ0v) is 30.0. The molecule has 0 fully saturated rings. The van der Waals surface area contributed by atoms with Gasteiger partial charge in [-0.25, -0.2) is 14.6 Å². The van der Waals surface area contributed by atoms with Crippen LogP contribution in [-0.2, 0) is 35.8 Å². The normalized spacial score (nSPS) is 11.7. The van der Waals surface area contributed by atoms with Gasteiger partial charge >= 0.3 is 12.1 Å². The minimum absolute atomic E-state index is 0.152. The molecule has 10 nitrogen and oxygen atoms in total. The molecule has 0 unspecified atom stereocenters. The van der Waals surface area contributed by atoms with Crippen LogP contribution in [0.15, 0.2) is 77.8 Å². The fraction of sp³-hybridized carbons (Fsp3) is 0.417. The largest absolute Gasteiger partial charge is 0.444 e. The molecule has 2 aromatic heterocycles. The van der Waals surface area contributed by atoms with Gasteiger partial charge in [-0.05, 0) is 23.5 Å². The van der Waals surface area contributed by atoms with E-state index in [1.807, 2.05) is 79.9 Å². The number of rotatable bonds is 16. The number of aromatic nitrogens is 2. The Morgan fingerprint density at radius 1 is 0.854 bits per heavy atom. The minimum atomic E-state index is -0.741. The monoisotopic (exact) mass is 690 g/mol. The summed E-state index contributed by atoms with van der Waals surface area (Å²) in [4.78, 5) is 55.4. The maximum atomic E-state index is 14.2. The number of urea groups is 1. The predicted octanol–water partition coefficient (Wildman–Crippen LogP) is 7.15. The number of thiazole rings is 2. The van der Waals surface area contributed by atoms with Crippen molar-refractivity contribution in [3.63, 3.8) is 0 Å². The Bertz CT molecular complexity index is 1560. The summed E-state index contributed by atoms with van der Waals surface area (Å²) in [5.41, 5.74) is 4.49. The molecular formula is C36H46N6O4S2. The van der Waals surface area contributed by atoms with Gasteiger partial charge in [0.15, 0.2) is 0 Å². The average Bonchev–Trinajstić information content (AvgIpc) is 3.78. The van der Waals surface area contributed by atoms with Gasteiger partial charge in [-0.1, -0.05) is 88.4 Å². The van der Waals surface area contributed by atoms with Crippen LogP contribution < -0.4 is 5.32 Å². The molecule has 2 aromatic carbocycles. The van der Waals surface area contributed by atoms with E-state index in [9.17, 15) is 14.4 Å². The molecule has 0 bridgehead atoms. The van der Waals surface area contributed by atoms with Gasteiger partial charge in [-0.3, -0.25) is 9.78 Å². The summed E-state index contributed by atoms with van der Waals surface area (Å²) >= 11 is 3.02. The average molecular weight is 691 g/mol. The van der Waals surface area contributed by atoms with Crippen molar-refractivity contribution in [3.05, 3.63) is 104 Å². The van der Waals surface area contributed by atoms with Crippen molar-refractivity contribution in [2.75, 3.05) is 20.1 Å². The molecule has 0 radical (unpaired) electrons. The van der Waals surface area contributed by atoms with Crippen LogP contribution in [-0.4, -0.2) is 68.9 Å². The van der Waals surface area contributed by atoms with Crippen LogP contribution in [0.3, 0.4) is 0 Å². The molecule has 0 saturated heterocycles. The molecule has 0 spiro atoms. The van der Waals surface area contributed by atoms with E-state index in [0.29, 0.717) is 45.1 Å². The van der Waals surface area contributed by atoms with Gasteiger partial charge in [0.25, 0.3) is 0 Å². The first-order valence-electron chi connectivity index (χ1n) is 16.2. The fourth-order valence-electron chi connectivity index (χ4n) is 5.03. The van der Waals surface area contributed by atoms with E-state index in [1.54, 1.807) is 44.8 Å². The summed E-state index contributed by atoms with van der Waals surface area (Å²) in [6.45, 7) is 10.1. The summed E-state index contributed by atoms with van der Waals surface area (Å²) in [6, 6.07) is 18.5. The highest BCUT2D eigenvalue weighted by Crippen LogP contribution is 2.20. The van der Waals surface area contributed by atoms with E-state index < -0.39 is 12.1 Å². The topological polar surface area (TPSA) is 108 Å². The first-order valence-corrected chi connectivity index (χ1v) is 18.0. The van der Waals surface area contributed by atoms with Crippen molar-refractivity contribution in [2.45, 2.75) is 72.3 Å². The Morgan fingerprint density at radius 3 is 2.04 bits per heavy atom. The van der Waals surface area contributed by atoms with E-state index in [0.717, 1.165) is 26.7 Å². The van der Waals surface area contributed by atoms with E-state index in [2.05, 4.69) is 29.1 Å². The second-order valence-electron chi connectivity index (χ2n) is 12.4. The summed E-state index contributed by atoms with van der Waals surface area (Å²) in [5, 5.41) is 6.00. The van der Waals surface area contributed by atoms with E-state index in [4.69, 9.17) is 4.74 Å². The van der Waals surface area contributed by atoms with Gasteiger partial charge in [0.05, 0.1) is 27.6 Å². The van der Waals surface area contributed by atoms with Crippen molar-refractivity contribution in [1.29, 1.82) is 0 Å². The Hall–Kier alpha value is -4.29. The molecule has 0 saturated carbocycles. The molecule has 48 heavy (non-hydrogen) atoms. The molecule has 256 valence electrons. The summed E-state index contributed by atoms with van der Waals surface area (Å²) in [6.07, 6.45) is 1.78. The van der Waals surface area contributed by atoms with Crippen LogP contribution in [0.4, 0.5) is 9.59 Å². The molecule has 2 heterocycles. The number of ether oxygens (including phenoxy) is 1. The zero-order chi connectivity index (χ0) is 34.5. The lowest BCUT2D eigenvalue weighted by Crippen LogP contribution is -2.54. The number of carbonyl (C=O) groups excluding carboxylic acids is 3. The van der Waals surface area contributed by atoms with E-state index >= 15 is 0 Å². The molecule has 0 aliphatic heterocycles. The van der Waals surface area contributed by atoms with Crippen LogP contribution in [0, 0.1) is 5.92 Å². The number of carbonyl (C=O) groups is 3. The molecule has 0 aliphatic rings. The Kier molecular flexibility index (Phi) is 13.9. The number of amides is 4. The first-order chi connectivity index (χ1) is 23.1. The molecular weight excluding hydrogens is 645 g/mol. The van der Waals surface area contributed by atoms with Gasteiger partial charge < -0.3 is 24.8 Å². The highest BCUT2D eigenvalue weighted by Gasteiger charge is 2.30. The standard InChI is InChI=1S/C36H46N6O4S2/c1-26(2)32(39-35(44)40(5)22-30-24-47-33(38-30)27(3)4)34(43)41(20-28-13-8-6-9-14-28)17-12-18-42(21-29-15-10-7-11-16-29)36(45)46-23-31-19-37-25-48-31/h6-11,13-16,19,24-27,32H,12,17-18,20-23H2,1-5H3,(H,39,44)/t32-/m0/s1. The number of benzene rings is 2. The maximum Gasteiger partial charge on any atom is 0.410 e. The summed E-state index contributed by atoms with van der Waals surface area (Å²) < 4.78 is 5.63. The highest BCUT2D eigenvalue weighted by atomic mass is 32.1. The van der Waals surface area contributed by atoms with E-state index in [-0.39, 0.29) is 24.5 Å². The number of nitrogens with zero attached hydrogens (tertiary/aromatic N) is 5. The lowest BCUT2D eigenvalue weighted by atomic mass is 10.0. The van der Waals surface area contributed by atoms with Crippen LogP contribution in [0.1, 0.15) is 66.7 Å². The highest BCUT2D eigenvalue weighted by molar-refractivity contribution is 7.09. The molecule has 4 aromatic rings. The van der Waals surface area contributed by atoms with Gasteiger partial charge in [0.1, 0.15) is 12.6 Å². The molecule has 12 heteroatoms. The third kappa shape index (κ3) is 11.2. The summed E-state index contributed by atoms with van der Waals surface area (Å²) in [7, 11) is 1.71. The lowest BCUT2D eigenvalue weighted by Gasteiger charge is -2.32. The van der Waals surface area contributed by atoms with Crippen LogP contribution in [0.2, 0.25) is 0 Å². The molecule has 4 amide bonds. The second-order valence-corrected chi connectivity index (χ2v) is 14.2. The van der Waals surface area contributed by atoms with E-state index in [1.165, 1.54) is 11.3 Å². The first kappa shape index (κ1) is 36.5. The lowest BCUT2D eigenvalue weighted by molar-refractivity contribution is -0.135. The third-order valence-corrected chi connectivity index (χ3v) is 9.65. The smallest absolute Gasteiger partial charge is 0.410 e. The van der Waals surface area contributed by atoms with Crippen molar-refractivity contribution >= 4 is 40.7 Å².